The molecule has 0 aromatic rings. The van der Waals surface area contributed by atoms with Crippen molar-refractivity contribution in [1.82, 2.24) is 0 Å². The summed E-state index contributed by atoms with van der Waals surface area (Å²) in [6.45, 7) is 3.01. The summed E-state index contributed by atoms with van der Waals surface area (Å²) in [4.78, 5) is 0. The summed E-state index contributed by atoms with van der Waals surface area (Å²) in [5, 5.41) is 0. The highest BCUT2D eigenvalue weighted by Gasteiger charge is 2.27. The van der Waals surface area contributed by atoms with Crippen molar-refractivity contribution < 1.29 is 4.74 Å². The topological polar surface area (TPSA) is 9.23 Å². The zero-order valence-electron chi connectivity index (χ0n) is 13.1. The van der Waals surface area contributed by atoms with Crippen molar-refractivity contribution in [2.24, 2.45) is 0 Å². The number of ether oxygens (including phenoxy) is 1. The number of halogens is 2. The van der Waals surface area contributed by atoms with Crippen LogP contribution in [-0.2, 0) is 4.74 Å². The van der Waals surface area contributed by atoms with Crippen LogP contribution in [-0.4, -0.2) is 17.0 Å². The minimum Gasteiger partial charge on any atom is -0.378 e. The maximum atomic E-state index is 6.41. The molecule has 0 aromatic heterocycles. The van der Waals surface area contributed by atoms with E-state index in [4.69, 9.17) is 27.9 Å². The normalized spacial score (nSPS) is 24.4. The van der Waals surface area contributed by atoms with Gasteiger partial charge >= 0.3 is 0 Å². The van der Waals surface area contributed by atoms with Crippen LogP contribution in [0.25, 0.3) is 0 Å². The van der Waals surface area contributed by atoms with Crippen LogP contribution in [0.1, 0.15) is 90.4 Å². The lowest BCUT2D eigenvalue weighted by atomic mass is 10.0. The van der Waals surface area contributed by atoms with E-state index in [0.717, 1.165) is 32.3 Å². The summed E-state index contributed by atoms with van der Waals surface area (Å²) in [6.07, 6.45) is 16.0. The Balaban J connectivity index is 2.39. The van der Waals surface area contributed by atoms with E-state index in [1.54, 1.807) is 0 Å². The van der Waals surface area contributed by atoms with E-state index in [0.29, 0.717) is 0 Å². The molecule has 1 saturated heterocycles. The summed E-state index contributed by atoms with van der Waals surface area (Å²) in [7, 11) is 0. The summed E-state index contributed by atoms with van der Waals surface area (Å²) in [5.41, 5.74) is 0. The monoisotopic (exact) mass is 322 g/mol. The highest BCUT2D eigenvalue weighted by Crippen LogP contribution is 2.34. The molecule has 1 heterocycles. The van der Waals surface area contributed by atoms with Gasteiger partial charge in [0.2, 0.25) is 0 Å². The Hall–Kier alpha value is 0.540. The van der Waals surface area contributed by atoms with Crippen molar-refractivity contribution in [3.05, 3.63) is 0 Å². The van der Waals surface area contributed by atoms with Crippen LogP contribution >= 0.6 is 23.2 Å². The Labute approximate surface area is 135 Å². The van der Waals surface area contributed by atoms with Crippen molar-refractivity contribution in [3.63, 3.8) is 0 Å². The Morgan fingerprint density at radius 3 is 2.05 bits per heavy atom. The highest BCUT2D eigenvalue weighted by atomic mass is 35.5. The lowest BCUT2D eigenvalue weighted by Gasteiger charge is -2.26. The Morgan fingerprint density at radius 2 is 1.45 bits per heavy atom. The molecule has 1 unspecified atom stereocenters. The molecule has 0 spiro atoms. The van der Waals surface area contributed by atoms with Gasteiger partial charge in [-0.2, -0.15) is 0 Å². The molecule has 0 aliphatic carbocycles. The van der Waals surface area contributed by atoms with E-state index in [2.05, 4.69) is 6.92 Å². The minimum atomic E-state index is -0.604. The molecule has 0 amide bonds. The van der Waals surface area contributed by atoms with Gasteiger partial charge < -0.3 is 4.74 Å². The van der Waals surface area contributed by atoms with Crippen molar-refractivity contribution in [2.75, 3.05) is 6.61 Å². The zero-order chi connectivity index (χ0) is 14.7. The van der Waals surface area contributed by atoms with E-state index in [-0.39, 0.29) is 6.10 Å². The number of rotatable bonds is 4. The van der Waals surface area contributed by atoms with E-state index < -0.39 is 4.33 Å². The van der Waals surface area contributed by atoms with Gasteiger partial charge in [-0.25, -0.2) is 0 Å². The van der Waals surface area contributed by atoms with Crippen LogP contribution in [0.5, 0.6) is 0 Å². The first kappa shape index (κ1) is 18.6. The van der Waals surface area contributed by atoms with Crippen LogP contribution in [0.2, 0.25) is 0 Å². The SMILES string of the molecule is CCCC(Cl)(Cl)CC1CCCCCCCCCCCO1. The molecule has 0 saturated carbocycles. The van der Waals surface area contributed by atoms with Crippen molar-refractivity contribution in [1.29, 1.82) is 0 Å². The largest absolute Gasteiger partial charge is 0.378 e. The predicted molar refractivity (Wildman–Crippen MR) is 89.9 cm³/mol. The Bertz CT molecular complexity index is 217. The van der Waals surface area contributed by atoms with E-state index in [1.807, 2.05) is 0 Å². The van der Waals surface area contributed by atoms with E-state index in [9.17, 15) is 0 Å². The fourth-order valence-corrected chi connectivity index (χ4v) is 3.73. The second-order valence-electron chi connectivity index (χ2n) is 6.27. The van der Waals surface area contributed by atoms with Gasteiger partial charge in [0.1, 0.15) is 4.33 Å². The van der Waals surface area contributed by atoms with Gasteiger partial charge in [0.05, 0.1) is 6.10 Å². The average Bonchev–Trinajstić information content (AvgIpc) is 2.40. The van der Waals surface area contributed by atoms with Crippen molar-refractivity contribution in [2.45, 2.75) is 101 Å². The third-order valence-electron chi connectivity index (χ3n) is 4.17. The van der Waals surface area contributed by atoms with Crippen molar-refractivity contribution in [3.8, 4) is 0 Å². The molecule has 0 N–H and O–H groups in total. The first-order valence-electron chi connectivity index (χ1n) is 8.63. The fourth-order valence-electron chi connectivity index (χ4n) is 3.01. The summed E-state index contributed by atoms with van der Waals surface area (Å²) < 4.78 is 5.47. The minimum absolute atomic E-state index is 0.248. The molecule has 1 aliphatic rings. The summed E-state index contributed by atoms with van der Waals surface area (Å²) >= 11 is 12.8. The molecular formula is C17H32Cl2O. The maximum absolute atomic E-state index is 6.41. The number of hydrogen-bond acceptors (Lipinski definition) is 1. The quantitative estimate of drug-likeness (QED) is 0.526. The molecule has 1 atom stereocenters. The molecule has 1 aliphatic heterocycles. The standard InChI is InChI=1S/C17H32Cl2O/c1-2-13-17(18,19)15-16-12-10-8-6-4-3-5-7-9-11-14-20-16/h16H,2-15H2,1H3. The highest BCUT2D eigenvalue weighted by molar-refractivity contribution is 6.48. The van der Waals surface area contributed by atoms with Crippen LogP contribution in [0, 0.1) is 0 Å². The number of alkyl halides is 2. The molecule has 0 radical (unpaired) electrons. The first-order valence-corrected chi connectivity index (χ1v) is 9.39. The molecule has 1 rings (SSSR count). The predicted octanol–water partition coefficient (Wildman–Crippen LogP) is 6.65. The molecule has 1 fully saturated rings. The van der Waals surface area contributed by atoms with E-state index in [1.165, 1.54) is 57.8 Å². The van der Waals surface area contributed by atoms with Gasteiger partial charge in [-0.15, -0.1) is 23.2 Å². The van der Waals surface area contributed by atoms with Crippen LogP contribution < -0.4 is 0 Å². The second kappa shape index (κ2) is 11.2. The first-order chi connectivity index (χ1) is 9.64. The van der Waals surface area contributed by atoms with Gasteiger partial charge in [0, 0.05) is 13.0 Å². The molecule has 3 heteroatoms. The molecule has 120 valence electrons. The van der Waals surface area contributed by atoms with Crippen LogP contribution in [0.15, 0.2) is 0 Å². The van der Waals surface area contributed by atoms with Gasteiger partial charge in [-0.05, 0) is 19.3 Å². The molecule has 20 heavy (non-hydrogen) atoms. The zero-order valence-corrected chi connectivity index (χ0v) is 14.7. The third kappa shape index (κ3) is 9.47. The van der Waals surface area contributed by atoms with Gasteiger partial charge in [-0.3, -0.25) is 0 Å². The third-order valence-corrected chi connectivity index (χ3v) is 4.85. The molecule has 1 nitrogen and oxygen atoms in total. The smallest absolute Gasteiger partial charge is 0.120 e. The van der Waals surface area contributed by atoms with Gasteiger partial charge in [0.25, 0.3) is 0 Å². The van der Waals surface area contributed by atoms with Crippen LogP contribution in [0.3, 0.4) is 0 Å². The molecule has 0 aromatic carbocycles. The maximum Gasteiger partial charge on any atom is 0.120 e. The average molecular weight is 323 g/mol. The fraction of sp³-hybridized carbons (Fsp3) is 1.00. The summed E-state index contributed by atoms with van der Waals surface area (Å²) in [6, 6.07) is 0. The lowest BCUT2D eigenvalue weighted by Crippen LogP contribution is -2.25. The van der Waals surface area contributed by atoms with Crippen molar-refractivity contribution >= 4 is 23.2 Å². The molecule has 0 bridgehead atoms. The summed E-state index contributed by atoms with van der Waals surface area (Å²) in [5.74, 6) is 0. The number of hydrogen-bond donors (Lipinski definition) is 0. The lowest BCUT2D eigenvalue weighted by molar-refractivity contribution is 0.0345. The molecular weight excluding hydrogens is 291 g/mol. The van der Waals surface area contributed by atoms with Gasteiger partial charge in [0.15, 0.2) is 0 Å². The van der Waals surface area contributed by atoms with E-state index >= 15 is 0 Å². The Morgan fingerprint density at radius 1 is 0.900 bits per heavy atom. The Kier molecular flexibility index (Phi) is 10.4. The second-order valence-corrected chi connectivity index (χ2v) is 7.91. The van der Waals surface area contributed by atoms with Gasteiger partial charge in [-0.1, -0.05) is 64.7 Å². The van der Waals surface area contributed by atoms with Crippen LogP contribution in [0.4, 0.5) is 0 Å².